The number of carbonyl (C=O) groups is 1. The molecule has 0 aliphatic rings. The lowest BCUT2D eigenvalue weighted by atomic mass is 10.1. The van der Waals surface area contributed by atoms with Crippen LogP contribution in [0.4, 0.5) is 5.69 Å². The Labute approximate surface area is 156 Å². The molecular weight excluding hydrogens is 374 g/mol. The van der Waals surface area contributed by atoms with E-state index in [1.54, 1.807) is 19.1 Å². The Balaban J connectivity index is 1.90. The van der Waals surface area contributed by atoms with Crippen molar-refractivity contribution < 1.29 is 17.9 Å². The van der Waals surface area contributed by atoms with Gasteiger partial charge in [-0.25, -0.2) is 13.2 Å². The van der Waals surface area contributed by atoms with Crippen LogP contribution in [0.15, 0.2) is 65.6 Å². The Kier molecular flexibility index (Phi) is 5.15. The topological polar surface area (TPSA) is 72.5 Å². The van der Waals surface area contributed by atoms with Crippen LogP contribution >= 0.6 is 11.6 Å². The number of hydrogen-bond acceptors (Lipinski definition) is 4. The Morgan fingerprint density at radius 1 is 1.04 bits per heavy atom. The molecule has 5 nitrogen and oxygen atoms in total. The molecule has 0 radical (unpaired) electrons. The average molecular weight is 390 g/mol. The molecule has 0 heterocycles. The molecule has 3 aromatic carbocycles. The first kappa shape index (κ1) is 18.2. The number of hydrogen-bond donors (Lipinski definition) is 1. The van der Waals surface area contributed by atoms with Crippen molar-refractivity contribution in [2.24, 2.45) is 0 Å². The zero-order valence-electron chi connectivity index (χ0n) is 13.9. The van der Waals surface area contributed by atoms with Crippen LogP contribution in [-0.2, 0) is 14.8 Å². The van der Waals surface area contributed by atoms with E-state index in [9.17, 15) is 13.2 Å². The molecule has 0 unspecified atom stereocenters. The van der Waals surface area contributed by atoms with Gasteiger partial charge in [-0.05, 0) is 48.0 Å². The summed E-state index contributed by atoms with van der Waals surface area (Å²) >= 11 is 6.13. The number of carbonyl (C=O) groups excluding carboxylic acids is 1. The minimum Gasteiger partial charge on any atom is -0.462 e. The standard InChI is InChI=1S/C19H16ClNO4S/c1-2-25-19(22)15-8-10-18(17(20)12-15)21-26(23,24)16-9-7-13-5-3-4-6-14(13)11-16/h3-12,21H,2H2,1H3. The summed E-state index contributed by atoms with van der Waals surface area (Å²) in [5.41, 5.74) is 0.443. The number of ether oxygens (including phenoxy) is 1. The van der Waals surface area contributed by atoms with Gasteiger partial charge in [-0.2, -0.15) is 0 Å². The van der Waals surface area contributed by atoms with Crippen molar-refractivity contribution in [2.75, 3.05) is 11.3 Å². The molecule has 0 saturated heterocycles. The molecule has 0 saturated carbocycles. The van der Waals surface area contributed by atoms with Gasteiger partial charge in [-0.3, -0.25) is 4.72 Å². The highest BCUT2D eigenvalue weighted by molar-refractivity contribution is 7.92. The molecule has 0 aliphatic heterocycles. The number of rotatable bonds is 5. The van der Waals surface area contributed by atoms with Crippen molar-refractivity contribution in [2.45, 2.75) is 11.8 Å². The van der Waals surface area contributed by atoms with Crippen LogP contribution in [0, 0.1) is 0 Å². The second kappa shape index (κ2) is 7.35. The molecule has 0 spiro atoms. The van der Waals surface area contributed by atoms with Crippen LogP contribution in [0.5, 0.6) is 0 Å². The predicted molar refractivity (Wildman–Crippen MR) is 102 cm³/mol. The van der Waals surface area contributed by atoms with Crippen molar-refractivity contribution in [1.82, 2.24) is 0 Å². The van der Waals surface area contributed by atoms with Gasteiger partial charge >= 0.3 is 5.97 Å². The summed E-state index contributed by atoms with van der Waals surface area (Å²) in [6.07, 6.45) is 0. The normalized spacial score (nSPS) is 11.3. The fraction of sp³-hybridized carbons (Fsp3) is 0.105. The maximum absolute atomic E-state index is 12.7. The fourth-order valence-electron chi connectivity index (χ4n) is 2.48. The first-order valence-electron chi connectivity index (χ1n) is 7.89. The molecular formula is C19H16ClNO4S. The van der Waals surface area contributed by atoms with Crippen molar-refractivity contribution >= 4 is 44.1 Å². The third-order valence-electron chi connectivity index (χ3n) is 3.76. The third-order valence-corrected chi connectivity index (χ3v) is 5.43. The molecule has 0 aliphatic carbocycles. The van der Waals surface area contributed by atoms with Crippen molar-refractivity contribution in [3.05, 3.63) is 71.2 Å². The number of halogens is 1. The van der Waals surface area contributed by atoms with E-state index in [2.05, 4.69) is 4.72 Å². The fourth-order valence-corrected chi connectivity index (χ4v) is 3.88. The van der Waals surface area contributed by atoms with Crippen molar-refractivity contribution in [1.29, 1.82) is 0 Å². The van der Waals surface area contributed by atoms with Gasteiger partial charge in [0.2, 0.25) is 0 Å². The molecule has 0 fully saturated rings. The van der Waals surface area contributed by atoms with E-state index in [4.69, 9.17) is 16.3 Å². The maximum atomic E-state index is 12.7. The van der Waals surface area contributed by atoms with Crippen LogP contribution in [0.3, 0.4) is 0 Å². The first-order valence-corrected chi connectivity index (χ1v) is 9.75. The molecule has 134 valence electrons. The Morgan fingerprint density at radius 3 is 2.46 bits per heavy atom. The number of sulfonamides is 1. The van der Waals surface area contributed by atoms with Gasteiger partial charge in [0, 0.05) is 0 Å². The van der Waals surface area contributed by atoms with Crippen LogP contribution in [0.2, 0.25) is 5.02 Å². The number of fused-ring (bicyclic) bond motifs is 1. The van der Waals surface area contributed by atoms with Crippen LogP contribution in [-0.4, -0.2) is 21.0 Å². The summed E-state index contributed by atoms with van der Waals surface area (Å²) in [6, 6.07) is 16.6. The number of benzene rings is 3. The van der Waals surface area contributed by atoms with E-state index < -0.39 is 16.0 Å². The van der Waals surface area contributed by atoms with E-state index >= 15 is 0 Å². The molecule has 0 amide bonds. The highest BCUT2D eigenvalue weighted by Gasteiger charge is 2.17. The molecule has 1 N–H and O–H groups in total. The minimum absolute atomic E-state index is 0.111. The Morgan fingerprint density at radius 2 is 1.77 bits per heavy atom. The second-order valence-corrected chi connectivity index (χ2v) is 7.62. The van der Waals surface area contributed by atoms with E-state index in [1.807, 2.05) is 24.3 Å². The summed E-state index contributed by atoms with van der Waals surface area (Å²) < 4.78 is 32.7. The lowest BCUT2D eigenvalue weighted by Gasteiger charge is -2.11. The van der Waals surface area contributed by atoms with Gasteiger partial charge in [0.1, 0.15) is 0 Å². The van der Waals surface area contributed by atoms with E-state index in [0.717, 1.165) is 10.8 Å². The lowest BCUT2D eigenvalue weighted by molar-refractivity contribution is 0.0526. The summed E-state index contributed by atoms with van der Waals surface area (Å²) in [6.45, 7) is 1.94. The number of anilines is 1. The second-order valence-electron chi connectivity index (χ2n) is 5.53. The maximum Gasteiger partial charge on any atom is 0.338 e. The van der Waals surface area contributed by atoms with Crippen LogP contribution in [0.25, 0.3) is 10.8 Å². The summed E-state index contributed by atoms with van der Waals surface area (Å²) in [5.74, 6) is -0.515. The van der Waals surface area contributed by atoms with Gasteiger partial charge in [0.25, 0.3) is 10.0 Å². The van der Waals surface area contributed by atoms with Crippen molar-refractivity contribution in [3.63, 3.8) is 0 Å². The lowest BCUT2D eigenvalue weighted by Crippen LogP contribution is -2.13. The largest absolute Gasteiger partial charge is 0.462 e. The Bertz CT molecular complexity index is 1080. The van der Waals surface area contributed by atoms with Crippen LogP contribution in [0.1, 0.15) is 17.3 Å². The predicted octanol–water partition coefficient (Wildman–Crippen LogP) is 4.47. The summed E-state index contributed by atoms with van der Waals surface area (Å²) in [5, 5.41) is 1.88. The molecule has 0 atom stereocenters. The summed E-state index contributed by atoms with van der Waals surface area (Å²) in [4.78, 5) is 11.8. The van der Waals surface area contributed by atoms with E-state index in [0.29, 0.717) is 0 Å². The molecule has 3 rings (SSSR count). The number of esters is 1. The quantitative estimate of drug-likeness (QED) is 0.653. The molecule has 0 bridgehead atoms. The minimum atomic E-state index is -3.82. The highest BCUT2D eigenvalue weighted by atomic mass is 35.5. The van der Waals surface area contributed by atoms with Crippen molar-refractivity contribution in [3.8, 4) is 0 Å². The SMILES string of the molecule is CCOC(=O)c1ccc(NS(=O)(=O)c2ccc3ccccc3c2)c(Cl)c1. The molecule has 26 heavy (non-hydrogen) atoms. The average Bonchev–Trinajstić information content (AvgIpc) is 2.63. The monoisotopic (exact) mass is 389 g/mol. The van der Waals surface area contributed by atoms with Crippen LogP contribution < -0.4 is 4.72 Å². The summed E-state index contributed by atoms with van der Waals surface area (Å²) in [7, 11) is -3.82. The highest BCUT2D eigenvalue weighted by Crippen LogP contribution is 2.27. The number of nitrogens with one attached hydrogen (secondary N) is 1. The van der Waals surface area contributed by atoms with Gasteiger partial charge in [0.05, 0.1) is 27.8 Å². The molecule has 3 aromatic rings. The molecule has 7 heteroatoms. The molecule has 0 aromatic heterocycles. The Hall–Kier alpha value is -2.57. The van der Waals surface area contributed by atoms with Gasteiger partial charge < -0.3 is 4.74 Å². The zero-order chi connectivity index (χ0) is 18.7. The van der Waals surface area contributed by atoms with Gasteiger partial charge in [0.15, 0.2) is 0 Å². The van der Waals surface area contributed by atoms with E-state index in [-0.39, 0.29) is 27.8 Å². The van der Waals surface area contributed by atoms with Gasteiger partial charge in [-0.1, -0.05) is 41.9 Å². The first-order chi connectivity index (χ1) is 12.4. The smallest absolute Gasteiger partial charge is 0.338 e. The van der Waals surface area contributed by atoms with Gasteiger partial charge in [-0.15, -0.1) is 0 Å². The van der Waals surface area contributed by atoms with E-state index in [1.165, 1.54) is 24.3 Å². The zero-order valence-corrected chi connectivity index (χ0v) is 15.5. The third kappa shape index (κ3) is 3.81.